The van der Waals surface area contributed by atoms with E-state index >= 15 is 0 Å². The van der Waals surface area contributed by atoms with E-state index in [9.17, 15) is 13.2 Å². The molecule has 0 radical (unpaired) electrons. The van der Waals surface area contributed by atoms with Crippen molar-refractivity contribution in [1.82, 2.24) is 14.9 Å². The molecule has 0 amide bonds. The van der Waals surface area contributed by atoms with Gasteiger partial charge in [-0.2, -0.15) is 13.2 Å². The molecule has 1 N–H and O–H groups in total. The number of rotatable bonds is 5. The third-order valence-corrected chi connectivity index (χ3v) is 3.56. The topological polar surface area (TPSA) is 37.8 Å². The Hall–Kier alpha value is -1.47. The molecule has 3 nitrogen and oxygen atoms in total. The zero-order valence-corrected chi connectivity index (χ0v) is 11.6. The number of benzene rings is 1. The van der Waals surface area contributed by atoms with Gasteiger partial charge in [-0.3, -0.25) is 0 Å². The Bertz CT molecular complexity index is 523. The molecule has 1 atom stereocenters. The number of nitrogens with zero attached hydrogens (tertiary/aromatic N) is 2. The fourth-order valence-electron chi connectivity index (χ4n) is 1.84. The van der Waals surface area contributed by atoms with Crippen molar-refractivity contribution in [1.29, 1.82) is 0 Å². The van der Waals surface area contributed by atoms with Crippen LogP contribution >= 0.6 is 11.5 Å². The molecule has 0 bridgehead atoms. The standard InChI is InChI=1S/C13H14F3N3S/c1-2-7-17-12(11-8-18-19-20-11)9-3-5-10(6-4-9)13(14,15)16/h3-6,8,12,17H,2,7H2,1H3. The van der Waals surface area contributed by atoms with Crippen LogP contribution in [0.5, 0.6) is 0 Å². The van der Waals surface area contributed by atoms with Crippen LogP contribution in [0.25, 0.3) is 0 Å². The first kappa shape index (κ1) is 14.9. The first-order valence-electron chi connectivity index (χ1n) is 6.20. The summed E-state index contributed by atoms with van der Waals surface area (Å²) in [5, 5.41) is 7.08. The van der Waals surface area contributed by atoms with Crippen LogP contribution in [0.1, 0.15) is 35.4 Å². The van der Waals surface area contributed by atoms with Crippen LogP contribution in [-0.4, -0.2) is 16.1 Å². The second-order valence-electron chi connectivity index (χ2n) is 4.33. The summed E-state index contributed by atoms with van der Waals surface area (Å²) in [5.74, 6) is 0. The van der Waals surface area contributed by atoms with Crippen molar-refractivity contribution in [2.45, 2.75) is 25.6 Å². The molecule has 20 heavy (non-hydrogen) atoms. The number of nitrogens with one attached hydrogen (secondary N) is 1. The van der Waals surface area contributed by atoms with Crippen LogP contribution in [0.4, 0.5) is 13.2 Å². The highest BCUT2D eigenvalue weighted by Crippen LogP contribution is 2.31. The molecule has 1 aromatic carbocycles. The molecule has 0 saturated carbocycles. The Kier molecular flexibility index (Phi) is 4.72. The van der Waals surface area contributed by atoms with Gasteiger partial charge < -0.3 is 5.32 Å². The van der Waals surface area contributed by atoms with Crippen LogP contribution in [0.15, 0.2) is 30.5 Å². The highest BCUT2D eigenvalue weighted by molar-refractivity contribution is 7.05. The van der Waals surface area contributed by atoms with E-state index in [1.807, 2.05) is 6.92 Å². The van der Waals surface area contributed by atoms with Crippen LogP contribution in [0.2, 0.25) is 0 Å². The molecule has 0 saturated heterocycles. The number of aromatic nitrogens is 2. The summed E-state index contributed by atoms with van der Waals surface area (Å²) < 4.78 is 41.5. The van der Waals surface area contributed by atoms with Gasteiger partial charge in [0, 0.05) is 0 Å². The van der Waals surface area contributed by atoms with Crippen molar-refractivity contribution in [2.75, 3.05) is 6.54 Å². The Labute approximate surface area is 119 Å². The largest absolute Gasteiger partial charge is 0.416 e. The highest BCUT2D eigenvalue weighted by atomic mass is 32.1. The second kappa shape index (κ2) is 6.32. The Morgan fingerprint density at radius 2 is 1.95 bits per heavy atom. The van der Waals surface area contributed by atoms with Crippen molar-refractivity contribution in [2.24, 2.45) is 0 Å². The maximum atomic E-state index is 12.6. The summed E-state index contributed by atoms with van der Waals surface area (Å²) in [6.07, 6.45) is -1.74. The van der Waals surface area contributed by atoms with Crippen LogP contribution in [0, 0.1) is 0 Å². The third kappa shape index (κ3) is 3.55. The number of hydrogen-bond donors (Lipinski definition) is 1. The number of halogens is 3. The zero-order valence-electron chi connectivity index (χ0n) is 10.8. The van der Waals surface area contributed by atoms with E-state index in [0.29, 0.717) is 0 Å². The van der Waals surface area contributed by atoms with Gasteiger partial charge in [0.1, 0.15) is 0 Å². The first-order valence-corrected chi connectivity index (χ1v) is 6.97. The minimum Gasteiger partial charge on any atom is -0.305 e. The molecule has 108 valence electrons. The van der Waals surface area contributed by atoms with E-state index in [1.54, 1.807) is 6.20 Å². The predicted molar refractivity (Wildman–Crippen MR) is 71.5 cm³/mol. The minimum atomic E-state index is -4.31. The molecule has 0 spiro atoms. The zero-order chi connectivity index (χ0) is 14.6. The Morgan fingerprint density at radius 1 is 1.25 bits per heavy atom. The van der Waals surface area contributed by atoms with Crippen molar-refractivity contribution in [3.63, 3.8) is 0 Å². The van der Waals surface area contributed by atoms with Crippen molar-refractivity contribution in [3.8, 4) is 0 Å². The van der Waals surface area contributed by atoms with E-state index in [1.165, 1.54) is 23.7 Å². The molecule has 1 heterocycles. The molecule has 0 aliphatic carbocycles. The number of hydrogen-bond acceptors (Lipinski definition) is 4. The second-order valence-corrected chi connectivity index (χ2v) is 5.14. The third-order valence-electron chi connectivity index (χ3n) is 2.83. The fourth-order valence-corrected chi connectivity index (χ4v) is 2.45. The van der Waals surface area contributed by atoms with E-state index in [-0.39, 0.29) is 6.04 Å². The number of alkyl halides is 3. The van der Waals surface area contributed by atoms with Gasteiger partial charge >= 0.3 is 6.18 Å². The summed E-state index contributed by atoms with van der Waals surface area (Å²) in [4.78, 5) is 0.887. The summed E-state index contributed by atoms with van der Waals surface area (Å²) in [6, 6.07) is 5.03. The summed E-state index contributed by atoms with van der Waals surface area (Å²) in [5.41, 5.74) is 0.135. The lowest BCUT2D eigenvalue weighted by Crippen LogP contribution is -2.22. The molecule has 0 aliphatic rings. The van der Waals surface area contributed by atoms with Gasteiger partial charge in [-0.15, -0.1) is 5.10 Å². The van der Waals surface area contributed by atoms with Crippen molar-refractivity contribution < 1.29 is 13.2 Å². The smallest absolute Gasteiger partial charge is 0.305 e. The molecule has 1 aromatic heterocycles. The Morgan fingerprint density at radius 3 is 2.45 bits per heavy atom. The summed E-state index contributed by atoms with van der Waals surface area (Å²) in [6.45, 7) is 2.80. The molecule has 7 heteroatoms. The maximum absolute atomic E-state index is 12.6. The lowest BCUT2D eigenvalue weighted by molar-refractivity contribution is -0.137. The molecular formula is C13H14F3N3S. The van der Waals surface area contributed by atoms with E-state index in [0.717, 1.165) is 35.5 Å². The van der Waals surface area contributed by atoms with Gasteiger partial charge in [0.15, 0.2) is 0 Å². The summed E-state index contributed by atoms with van der Waals surface area (Å²) >= 11 is 1.24. The molecule has 1 unspecified atom stereocenters. The van der Waals surface area contributed by atoms with Crippen LogP contribution < -0.4 is 5.32 Å². The van der Waals surface area contributed by atoms with Gasteiger partial charge in [0.2, 0.25) is 0 Å². The highest BCUT2D eigenvalue weighted by Gasteiger charge is 2.30. The van der Waals surface area contributed by atoms with E-state index < -0.39 is 11.7 Å². The van der Waals surface area contributed by atoms with Gasteiger partial charge in [0.25, 0.3) is 0 Å². The predicted octanol–water partition coefficient (Wildman–Crippen LogP) is 3.65. The molecule has 2 aromatic rings. The van der Waals surface area contributed by atoms with Crippen molar-refractivity contribution in [3.05, 3.63) is 46.5 Å². The lowest BCUT2D eigenvalue weighted by Gasteiger charge is -2.17. The van der Waals surface area contributed by atoms with Gasteiger partial charge in [-0.25, -0.2) is 0 Å². The van der Waals surface area contributed by atoms with Crippen molar-refractivity contribution >= 4 is 11.5 Å². The normalized spacial score (nSPS) is 13.4. The van der Waals surface area contributed by atoms with Crippen LogP contribution in [0.3, 0.4) is 0 Å². The molecule has 2 rings (SSSR count). The summed E-state index contributed by atoms with van der Waals surface area (Å²) in [7, 11) is 0. The molecular weight excluding hydrogens is 287 g/mol. The van der Waals surface area contributed by atoms with E-state index in [4.69, 9.17) is 0 Å². The average molecular weight is 301 g/mol. The van der Waals surface area contributed by atoms with Gasteiger partial charge in [-0.1, -0.05) is 23.5 Å². The lowest BCUT2D eigenvalue weighted by atomic mass is 10.0. The van der Waals surface area contributed by atoms with Crippen LogP contribution in [-0.2, 0) is 6.18 Å². The monoisotopic (exact) mass is 301 g/mol. The van der Waals surface area contributed by atoms with Gasteiger partial charge in [0.05, 0.1) is 22.7 Å². The molecule has 0 aliphatic heterocycles. The first-order chi connectivity index (χ1) is 9.52. The maximum Gasteiger partial charge on any atom is 0.416 e. The fraction of sp³-hybridized carbons (Fsp3) is 0.385. The average Bonchev–Trinajstić information content (AvgIpc) is 2.93. The van der Waals surface area contributed by atoms with E-state index in [2.05, 4.69) is 14.9 Å². The van der Waals surface area contributed by atoms with Gasteiger partial charge in [-0.05, 0) is 42.2 Å². The molecule has 0 fully saturated rings. The quantitative estimate of drug-likeness (QED) is 0.916. The Balaban J connectivity index is 2.25. The SMILES string of the molecule is CCCNC(c1ccc(C(F)(F)F)cc1)c1cnns1. The minimum absolute atomic E-state index is 0.169.